The minimum absolute atomic E-state index is 0.0988. The van der Waals surface area contributed by atoms with E-state index in [0.717, 1.165) is 99.0 Å². The van der Waals surface area contributed by atoms with Gasteiger partial charge < -0.3 is 19.9 Å². The second kappa shape index (κ2) is 12.0. The monoisotopic (exact) mass is 532 g/mol. The van der Waals surface area contributed by atoms with Crippen molar-refractivity contribution in [3.05, 3.63) is 47.0 Å². The largest absolute Gasteiger partial charge is 0.393 e. The summed E-state index contributed by atoms with van der Waals surface area (Å²) in [6.45, 7) is 10.7. The summed E-state index contributed by atoms with van der Waals surface area (Å²) >= 11 is 0. The van der Waals surface area contributed by atoms with Crippen LogP contribution in [-0.4, -0.2) is 61.2 Å². The lowest BCUT2D eigenvalue weighted by Crippen LogP contribution is -2.38. The maximum Gasteiger partial charge on any atom is 0.253 e. The number of likely N-dealkylation sites (tertiary alicyclic amines) is 1. The number of aryl methyl sites for hydroxylation is 2. The van der Waals surface area contributed by atoms with Gasteiger partial charge in [-0.15, -0.1) is 0 Å². The van der Waals surface area contributed by atoms with Gasteiger partial charge in [-0.05, 0) is 81.9 Å². The summed E-state index contributed by atoms with van der Waals surface area (Å²) in [5.41, 5.74) is 4.78. The molecule has 8 nitrogen and oxygen atoms in total. The molecule has 0 radical (unpaired) electrons. The van der Waals surface area contributed by atoms with Gasteiger partial charge in [-0.3, -0.25) is 9.78 Å². The second-order valence-corrected chi connectivity index (χ2v) is 11.7. The number of carbonyl (C=O) groups is 1. The van der Waals surface area contributed by atoms with Crippen LogP contribution in [0.5, 0.6) is 0 Å². The number of aliphatic hydroxyl groups is 1. The molecule has 4 heterocycles. The molecule has 1 aliphatic carbocycles. The first-order valence-electron chi connectivity index (χ1n) is 14.9. The highest BCUT2D eigenvalue weighted by molar-refractivity contribution is 5.94. The quantitative estimate of drug-likeness (QED) is 0.381. The number of amides is 1. The summed E-state index contributed by atoms with van der Waals surface area (Å²) in [5.74, 6) is 1.76. The van der Waals surface area contributed by atoms with Crippen LogP contribution >= 0.6 is 0 Å². The first-order chi connectivity index (χ1) is 18.9. The van der Waals surface area contributed by atoms with Crippen LogP contribution in [0.15, 0.2) is 24.5 Å². The zero-order chi connectivity index (χ0) is 27.5. The molecule has 5 rings (SSSR count). The zero-order valence-electron chi connectivity index (χ0n) is 24.0. The lowest BCUT2D eigenvalue weighted by Gasteiger charge is -2.32. The van der Waals surface area contributed by atoms with E-state index in [2.05, 4.69) is 34.9 Å². The van der Waals surface area contributed by atoms with Gasteiger partial charge in [0.2, 0.25) is 5.95 Å². The Kier molecular flexibility index (Phi) is 8.50. The van der Waals surface area contributed by atoms with Crippen molar-refractivity contribution in [2.75, 3.05) is 25.0 Å². The molecule has 2 N–H and O–H groups in total. The Labute approximate surface area is 232 Å². The van der Waals surface area contributed by atoms with E-state index < -0.39 is 0 Å². The summed E-state index contributed by atoms with van der Waals surface area (Å²) in [6.07, 6.45) is 11.8. The van der Waals surface area contributed by atoms with Gasteiger partial charge in [0.15, 0.2) is 0 Å². The van der Waals surface area contributed by atoms with Crippen molar-refractivity contribution < 1.29 is 9.90 Å². The number of nitrogens with zero attached hydrogens (tertiary/aromatic N) is 5. The van der Waals surface area contributed by atoms with Crippen molar-refractivity contribution in [3.8, 4) is 0 Å². The molecule has 1 aliphatic heterocycles. The number of aliphatic hydroxyl groups excluding tert-OH is 1. The van der Waals surface area contributed by atoms with Crippen LogP contribution in [0, 0.1) is 19.8 Å². The highest BCUT2D eigenvalue weighted by Gasteiger charge is 2.30. The van der Waals surface area contributed by atoms with Gasteiger partial charge in [-0.2, -0.15) is 4.98 Å². The van der Waals surface area contributed by atoms with Crippen molar-refractivity contribution in [1.82, 2.24) is 24.4 Å². The zero-order valence-corrected chi connectivity index (χ0v) is 24.0. The normalized spacial score (nSPS) is 20.6. The second-order valence-electron chi connectivity index (χ2n) is 11.7. The van der Waals surface area contributed by atoms with E-state index in [0.29, 0.717) is 23.8 Å². The van der Waals surface area contributed by atoms with Crippen LogP contribution in [-0.2, 0) is 0 Å². The van der Waals surface area contributed by atoms with Gasteiger partial charge in [0.1, 0.15) is 5.65 Å². The van der Waals surface area contributed by atoms with Crippen molar-refractivity contribution in [2.24, 2.45) is 5.92 Å². The third-order valence-electron chi connectivity index (χ3n) is 8.92. The number of rotatable bonds is 8. The minimum atomic E-state index is -0.191. The number of hydrogen-bond donors (Lipinski definition) is 2. The Morgan fingerprint density at radius 3 is 2.33 bits per heavy atom. The Hall–Kier alpha value is -3.00. The van der Waals surface area contributed by atoms with E-state index >= 15 is 0 Å². The minimum Gasteiger partial charge on any atom is -0.393 e. The average Bonchev–Trinajstić information content (AvgIpc) is 3.32. The third kappa shape index (κ3) is 6.11. The Morgan fingerprint density at radius 2 is 1.69 bits per heavy atom. The predicted octanol–water partition coefficient (Wildman–Crippen LogP) is 5.79. The number of pyridine rings is 1. The van der Waals surface area contributed by atoms with E-state index in [1.165, 1.54) is 5.56 Å². The fourth-order valence-corrected chi connectivity index (χ4v) is 6.43. The lowest BCUT2D eigenvalue weighted by molar-refractivity contribution is 0.0712. The van der Waals surface area contributed by atoms with Gasteiger partial charge in [-0.25, -0.2) is 4.98 Å². The van der Waals surface area contributed by atoms with Gasteiger partial charge in [0, 0.05) is 60.4 Å². The van der Waals surface area contributed by atoms with E-state index in [4.69, 9.17) is 9.97 Å². The molecule has 39 heavy (non-hydrogen) atoms. The summed E-state index contributed by atoms with van der Waals surface area (Å²) in [6, 6.07) is 4.12. The summed E-state index contributed by atoms with van der Waals surface area (Å²) in [4.78, 5) is 29.4. The number of aromatic nitrogens is 4. The molecule has 3 aromatic rings. The molecule has 2 aliphatic rings. The fourth-order valence-electron chi connectivity index (χ4n) is 6.43. The SMILES string of the molecule is CCC(CC)CNc1ncc2c(C3CCN(C(=O)c4cc(C)nc(C)c4)CC3)cn([C@H]3CC[C@H](O)CC3)c2n1. The average molecular weight is 533 g/mol. The van der Waals surface area contributed by atoms with Crippen LogP contribution in [0.2, 0.25) is 0 Å². The summed E-state index contributed by atoms with van der Waals surface area (Å²) < 4.78 is 2.36. The molecular formula is C31H44N6O2. The standard InChI is InChI=1S/C31H44N6O2/c1-5-22(6-2)17-32-31-33-18-27-28(19-37(29(27)35-31)25-7-9-26(38)10-8-25)23-11-13-36(14-12-23)30(39)24-15-20(3)34-21(4)16-24/h15-16,18-19,22-23,25-26,38H,5-14,17H2,1-4H3,(H,32,33,35)/t25-,26-. The number of piperidine rings is 1. The molecule has 2 fully saturated rings. The third-order valence-corrected chi connectivity index (χ3v) is 8.92. The fraction of sp³-hybridized carbons (Fsp3) is 0.613. The molecule has 1 saturated heterocycles. The molecule has 0 aromatic carbocycles. The lowest BCUT2D eigenvalue weighted by atomic mass is 9.89. The Morgan fingerprint density at radius 1 is 1.03 bits per heavy atom. The van der Waals surface area contributed by atoms with Crippen LogP contribution in [0.4, 0.5) is 5.95 Å². The number of nitrogens with one attached hydrogen (secondary N) is 1. The van der Waals surface area contributed by atoms with E-state index in [1.54, 1.807) is 0 Å². The summed E-state index contributed by atoms with van der Waals surface area (Å²) in [5, 5.41) is 14.7. The highest BCUT2D eigenvalue weighted by atomic mass is 16.3. The maximum atomic E-state index is 13.2. The molecule has 3 aromatic heterocycles. The van der Waals surface area contributed by atoms with E-state index in [1.807, 2.05) is 37.1 Å². The van der Waals surface area contributed by atoms with Crippen LogP contribution in [0.3, 0.4) is 0 Å². The molecule has 8 heteroatoms. The maximum absolute atomic E-state index is 13.2. The van der Waals surface area contributed by atoms with Gasteiger partial charge in [0.25, 0.3) is 5.91 Å². The van der Waals surface area contributed by atoms with Crippen molar-refractivity contribution in [3.63, 3.8) is 0 Å². The Balaban J connectivity index is 1.37. The number of fused-ring (bicyclic) bond motifs is 1. The first kappa shape index (κ1) is 27.6. The van der Waals surface area contributed by atoms with Crippen molar-refractivity contribution >= 4 is 22.9 Å². The van der Waals surface area contributed by atoms with E-state index in [9.17, 15) is 9.90 Å². The topological polar surface area (TPSA) is 96.2 Å². The van der Waals surface area contributed by atoms with Crippen LogP contribution in [0.1, 0.15) is 104 Å². The van der Waals surface area contributed by atoms with Crippen LogP contribution < -0.4 is 5.32 Å². The molecule has 210 valence electrons. The smallest absolute Gasteiger partial charge is 0.253 e. The molecular weight excluding hydrogens is 488 g/mol. The molecule has 0 spiro atoms. The first-order valence-corrected chi connectivity index (χ1v) is 14.9. The number of anilines is 1. The summed E-state index contributed by atoms with van der Waals surface area (Å²) in [7, 11) is 0. The number of carbonyl (C=O) groups excluding carboxylic acids is 1. The predicted molar refractivity (Wildman–Crippen MR) is 155 cm³/mol. The van der Waals surface area contributed by atoms with Gasteiger partial charge >= 0.3 is 0 Å². The van der Waals surface area contributed by atoms with E-state index in [-0.39, 0.29) is 12.0 Å². The Bertz CT molecular complexity index is 1260. The number of hydrogen-bond acceptors (Lipinski definition) is 6. The highest BCUT2D eigenvalue weighted by Crippen LogP contribution is 2.38. The molecule has 0 unspecified atom stereocenters. The molecule has 0 bridgehead atoms. The van der Waals surface area contributed by atoms with Crippen molar-refractivity contribution in [1.29, 1.82) is 0 Å². The molecule has 1 saturated carbocycles. The molecule has 1 amide bonds. The van der Waals surface area contributed by atoms with Gasteiger partial charge in [-0.1, -0.05) is 26.7 Å². The van der Waals surface area contributed by atoms with Gasteiger partial charge in [0.05, 0.1) is 6.10 Å². The van der Waals surface area contributed by atoms with Crippen molar-refractivity contribution in [2.45, 2.75) is 97.1 Å². The molecule has 0 atom stereocenters. The van der Waals surface area contributed by atoms with Crippen LogP contribution in [0.25, 0.3) is 11.0 Å².